The van der Waals surface area contributed by atoms with Gasteiger partial charge in [-0.25, -0.2) is 13.8 Å². The summed E-state index contributed by atoms with van der Waals surface area (Å²) < 4.78 is 41.7. The van der Waals surface area contributed by atoms with Crippen LogP contribution in [0.2, 0.25) is 0 Å². The second-order valence-electron chi connectivity index (χ2n) is 8.66. The Bertz CT molecular complexity index is 1320. The lowest BCUT2D eigenvalue weighted by Gasteiger charge is -2.28. The summed E-state index contributed by atoms with van der Waals surface area (Å²) in [6, 6.07) is 9.50. The molecule has 3 aromatic rings. The highest BCUT2D eigenvalue weighted by atomic mass is 19.2. The molecule has 0 saturated carbocycles. The molecule has 1 saturated heterocycles. The van der Waals surface area contributed by atoms with Gasteiger partial charge in [0, 0.05) is 54.4 Å². The Morgan fingerprint density at radius 2 is 1.86 bits per heavy atom. The molecule has 1 aromatic heterocycles. The van der Waals surface area contributed by atoms with Gasteiger partial charge in [-0.1, -0.05) is 30.9 Å². The van der Waals surface area contributed by atoms with Crippen molar-refractivity contribution in [3.05, 3.63) is 65.0 Å². The zero-order valence-electron chi connectivity index (χ0n) is 20.9. The van der Waals surface area contributed by atoms with Crippen LogP contribution in [0.3, 0.4) is 0 Å². The van der Waals surface area contributed by atoms with Crippen molar-refractivity contribution in [2.75, 3.05) is 37.7 Å². The first-order valence-corrected chi connectivity index (χ1v) is 12.3. The van der Waals surface area contributed by atoms with E-state index >= 15 is 4.39 Å². The third-order valence-corrected chi connectivity index (χ3v) is 5.92. The molecule has 37 heavy (non-hydrogen) atoms. The SMILES string of the molecule is CCCC#Cc1ccc(-c2ccc(C(O)CN)c(F)c2F)c(Oc2cc(N3CCOCC3)nc(C)n2)c1. The van der Waals surface area contributed by atoms with Crippen molar-refractivity contribution < 1.29 is 23.4 Å². The molecule has 1 unspecified atom stereocenters. The Morgan fingerprint density at radius 1 is 1.11 bits per heavy atom. The van der Waals surface area contributed by atoms with Crippen LogP contribution in [0.1, 0.15) is 42.8 Å². The number of nitrogens with two attached hydrogens (primary N) is 1. The number of aromatic nitrogens is 2. The van der Waals surface area contributed by atoms with E-state index in [4.69, 9.17) is 15.2 Å². The van der Waals surface area contributed by atoms with Crippen molar-refractivity contribution in [2.24, 2.45) is 5.73 Å². The lowest BCUT2D eigenvalue weighted by atomic mass is 9.98. The van der Waals surface area contributed by atoms with Gasteiger partial charge in [-0.2, -0.15) is 4.98 Å². The standard InChI is InChI=1S/C28H30F2N4O3/c1-3-4-5-6-19-7-8-20(21-9-10-22(23(35)17-31)28(30)27(21)29)24(15-19)37-26-16-25(32-18(2)33-26)34-11-13-36-14-12-34/h7-10,15-16,23,35H,3-4,11-14,17,31H2,1-2H3. The Hall–Kier alpha value is -3.58. The second kappa shape index (κ2) is 12.1. The fourth-order valence-corrected chi connectivity index (χ4v) is 4.00. The minimum Gasteiger partial charge on any atom is -0.438 e. The molecule has 7 nitrogen and oxygen atoms in total. The second-order valence-corrected chi connectivity index (χ2v) is 8.66. The van der Waals surface area contributed by atoms with Gasteiger partial charge in [0.2, 0.25) is 5.88 Å². The molecule has 0 bridgehead atoms. The summed E-state index contributed by atoms with van der Waals surface area (Å²) in [6.07, 6.45) is 0.347. The lowest BCUT2D eigenvalue weighted by Crippen LogP contribution is -2.36. The molecule has 1 aliphatic rings. The summed E-state index contributed by atoms with van der Waals surface area (Å²) in [5.41, 5.74) is 6.20. The summed E-state index contributed by atoms with van der Waals surface area (Å²) in [7, 11) is 0. The number of benzene rings is 2. The van der Waals surface area contributed by atoms with E-state index in [0.29, 0.717) is 49.1 Å². The molecule has 1 aliphatic heterocycles. The normalized spacial score (nSPS) is 14.2. The van der Waals surface area contributed by atoms with Gasteiger partial charge in [-0.15, -0.1) is 0 Å². The van der Waals surface area contributed by atoms with Crippen molar-refractivity contribution in [3.8, 4) is 34.6 Å². The number of morpholine rings is 1. The average Bonchev–Trinajstić information content (AvgIpc) is 2.90. The van der Waals surface area contributed by atoms with Crippen molar-refractivity contribution >= 4 is 5.82 Å². The quantitative estimate of drug-likeness (QED) is 0.454. The molecule has 194 valence electrons. The van der Waals surface area contributed by atoms with Gasteiger partial charge in [-0.3, -0.25) is 0 Å². The maximum absolute atomic E-state index is 15.2. The topological polar surface area (TPSA) is 93.7 Å². The van der Waals surface area contributed by atoms with Gasteiger partial charge in [0.15, 0.2) is 11.6 Å². The van der Waals surface area contributed by atoms with Crippen LogP contribution in [0.15, 0.2) is 36.4 Å². The fraction of sp³-hybridized carbons (Fsp3) is 0.357. The molecule has 9 heteroatoms. The van der Waals surface area contributed by atoms with Crippen LogP contribution < -0.4 is 15.4 Å². The molecular formula is C28H30F2N4O3. The van der Waals surface area contributed by atoms with Gasteiger partial charge in [0.25, 0.3) is 0 Å². The highest BCUT2D eigenvalue weighted by Gasteiger charge is 2.22. The number of nitrogens with zero attached hydrogens (tertiary/aromatic N) is 3. The molecule has 4 rings (SSSR count). The third kappa shape index (κ3) is 6.23. The molecular weight excluding hydrogens is 478 g/mol. The average molecular weight is 509 g/mol. The monoisotopic (exact) mass is 508 g/mol. The predicted octanol–water partition coefficient (Wildman–Crippen LogP) is 4.50. The molecule has 3 N–H and O–H groups in total. The highest BCUT2D eigenvalue weighted by Crippen LogP contribution is 2.37. The van der Waals surface area contributed by atoms with Crippen LogP contribution in [0.25, 0.3) is 11.1 Å². The molecule has 2 aromatic carbocycles. The van der Waals surface area contributed by atoms with E-state index in [1.807, 2.05) is 6.92 Å². The van der Waals surface area contributed by atoms with Crippen LogP contribution in [0.4, 0.5) is 14.6 Å². The number of aryl methyl sites for hydroxylation is 1. The first-order valence-electron chi connectivity index (χ1n) is 12.3. The van der Waals surface area contributed by atoms with E-state index in [1.165, 1.54) is 12.1 Å². The maximum atomic E-state index is 15.2. The van der Waals surface area contributed by atoms with E-state index in [2.05, 4.69) is 26.7 Å². The summed E-state index contributed by atoms with van der Waals surface area (Å²) in [6.45, 7) is 6.15. The minimum atomic E-state index is -1.31. The zero-order valence-corrected chi connectivity index (χ0v) is 20.9. The van der Waals surface area contributed by atoms with E-state index < -0.39 is 17.7 Å². The Balaban J connectivity index is 1.77. The largest absolute Gasteiger partial charge is 0.438 e. The Morgan fingerprint density at radius 3 is 2.59 bits per heavy atom. The zero-order chi connectivity index (χ0) is 26.4. The number of unbranched alkanes of at least 4 members (excludes halogenated alkanes) is 1. The van der Waals surface area contributed by atoms with E-state index in [1.54, 1.807) is 31.2 Å². The number of ether oxygens (including phenoxy) is 2. The van der Waals surface area contributed by atoms with Crippen LogP contribution in [0, 0.1) is 30.4 Å². The van der Waals surface area contributed by atoms with Gasteiger partial charge in [-0.05, 0) is 31.5 Å². The Kier molecular flexibility index (Phi) is 8.66. The molecule has 2 heterocycles. The van der Waals surface area contributed by atoms with Crippen molar-refractivity contribution in [1.29, 1.82) is 0 Å². The highest BCUT2D eigenvalue weighted by molar-refractivity contribution is 5.73. The van der Waals surface area contributed by atoms with Crippen molar-refractivity contribution in [1.82, 2.24) is 9.97 Å². The Labute approximate surface area is 215 Å². The summed E-state index contributed by atoms with van der Waals surface area (Å²) in [4.78, 5) is 11.0. The number of aliphatic hydroxyl groups excluding tert-OH is 1. The predicted molar refractivity (Wildman–Crippen MR) is 137 cm³/mol. The first-order chi connectivity index (χ1) is 17.9. The van der Waals surface area contributed by atoms with Gasteiger partial charge < -0.3 is 25.2 Å². The molecule has 1 atom stereocenters. The maximum Gasteiger partial charge on any atom is 0.224 e. The fourth-order valence-electron chi connectivity index (χ4n) is 4.00. The van der Waals surface area contributed by atoms with Crippen LogP contribution in [-0.4, -0.2) is 47.9 Å². The number of halogens is 2. The number of rotatable bonds is 7. The number of anilines is 1. The molecule has 0 amide bonds. The summed E-state index contributed by atoms with van der Waals surface area (Å²) in [5.74, 6) is 5.65. The minimum absolute atomic E-state index is 0.0206. The molecule has 0 radical (unpaired) electrons. The van der Waals surface area contributed by atoms with Crippen molar-refractivity contribution in [2.45, 2.75) is 32.8 Å². The summed E-state index contributed by atoms with van der Waals surface area (Å²) in [5, 5.41) is 9.95. The van der Waals surface area contributed by atoms with Crippen LogP contribution in [0.5, 0.6) is 11.6 Å². The summed E-state index contributed by atoms with van der Waals surface area (Å²) >= 11 is 0. The van der Waals surface area contributed by atoms with Gasteiger partial charge in [0.05, 0.1) is 19.3 Å². The number of hydrogen-bond acceptors (Lipinski definition) is 7. The molecule has 0 spiro atoms. The van der Waals surface area contributed by atoms with Crippen LogP contribution >= 0.6 is 0 Å². The van der Waals surface area contributed by atoms with E-state index in [9.17, 15) is 9.50 Å². The van der Waals surface area contributed by atoms with Crippen LogP contribution in [-0.2, 0) is 4.74 Å². The van der Waals surface area contributed by atoms with E-state index in [0.717, 1.165) is 12.8 Å². The lowest BCUT2D eigenvalue weighted by molar-refractivity contribution is 0.122. The number of aliphatic hydroxyl groups is 1. The first kappa shape index (κ1) is 26.5. The number of hydrogen-bond donors (Lipinski definition) is 2. The van der Waals surface area contributed by atoms with E-state index in [-0.39, 0.29) is 29.3 Å². The van der Waals surface area contributed by atoms with Crippen molar-refractivity contribution in [3.63, 3.8) is 0 Å². The van der Waals surface area contributed by atoms with Gasteiger partial charge >= 0.3 is 0 Å². The molecule has 0 aliphatic carbocycles. The van der Waals surface area contributed by atoms with Gasteiger partial charge in [0.1, 0.15) is 17.4 Å². The smallest absolute Gasteiger partial charge is 0.224 e. The third-order valence-electron chi connectivity index (χ3n) is 5.92. The molecule has 1 fully saturated rings.